The molecule has 4 rings (SSSR count). The Hall–Kier alpha value is -3.22. The lowest BCUT2D eigenvalue weighted by molar-refractivity contribution is 0.414. The zero-order chi connectivity index (χ0) is 22.2. The first-order chi connectivity index (χ1) is 15.8. The predicted octanol–water partition coefficient (Wildman–Crippen LogP) is 2.45. The predicted molar refractivity (Wildman–Crippen MR) is 137 cm³/mol. The Morgan fingerprint density at radius 1 is 1.03 bits per heavy atom. The van der Waals surface area contributed by atoms with Gasteiger partial charge in [0.15, 0.2) is 17.4 Å². The third kappa shape index (κ3) is 6.40. The van der Waals surface area contributed by atoms with E-state index < -0.39 is 0 Å². The van der Waals surface area contributed by atoms with Crippen molar-refractivity contribution in [1.82, 2.24) is 40.0 Å². The Bertz CT molecular complexity index is 1170. The van der Waals surface area contributed by atoms with Crippen molar-refractivity contribution in [2.75, 3.05) is 13.7 Å². The number of rotatable bonds is 9. The van der Waals surface area contributed by atoms with E-state index >= 15 is 0 Å². The van der Waals surface area contributed by atoms with Crippen LogP contribution in [0.5, 0.6) is 5.75 Å². The van der Waals surface area contributed by atoms with Crippen LogP contribution in [0, 0.1) is 0 Å². The number of nitrogens with one attached hydrogen (secondary N) is 2. The van der Waals surface area contributed by atoms with Crippen LogP contribution in [0.4, 0.5) is 0 Å². The van der Waals surface area contributed by atoms with Gasteiger partial charge >= 0.3 is 0 Å². The van der Waals surface area contributed by atoms with Gasteiger partial charge in [0.25, 0.3) is 0 Å². The van der Waals surface area contributed by atoms with Gasteiger partial charge in [0.2, 0.25) is 0 Å². The number of fused-ring (bicyclic) bond motifs is 1. The molecule has 0 radical (unpaired) electrons. The van der Waals surface area contributed by atoms with Gasteiger partial charge < -0.3 is 19.9 Å². The van der Waals surface area contributed by atoms with Crippen LogP contribution < -0.4 is 15.4 Å². The minimum atomic E-state index is 0. The van der Waals surface area contributed by atoms with Crippen molar-refractivity contribution < 1.29 is 4.74 Å². The van der Waals surface area contributed by atoms with E-state index in [1.807, 2.05) is 57.6 Å². The number of aliphatic imine (C=N–C) groups is 1. The number of benzene rings is 1. The average Bonchev–Trinajstić information content (AvgIpc) is 3.47. The fourth-order valence-electron chi connectivity index (χ4n) is 3.28. The molecule has 1 aromatic carbocycles. The molecule has 0 amide bonds. The number of guanidine groups is 1. The van der Waals surface area contributed by atoms with Crippen molar-refractivity contribution in [3.05, 3.63) is 72.2 Å². The summed E-state index contributed by atoms with van der Waals surface area (Å²) in [6.45, 7) is 4.52. The quantitative estimate of drug-likeness (QED) is 0.184. The van der Waals surface area contributed by atoms with Gasteiger partial charge in [-0.15, -0.1) is 44.4 Å². The fourth-order valence-corrected chi connectivity index (χ4v) is 3.28. The third-order valence-corrected chi connectivity index (χ3v) is 5.03. The van der Waals surface area contributed by atoms with Gasteiger partial charge in [0.05, 0.1) is 20.2 Å². The second-order valence-corrected chi connectivity index (χ2v) is 7.13. The van der Waals surface area contributed by atoms with E-state index in [-0.39, 0.29) is 24.0 Å². The number of nitrogens with zero attached hydrogens (tertiary/aromatic N) is 7. The second-order valence-electron chi connectivity index (χ2n) is 7.13. The number of hydrogen-bond donors (Lipinski definition) is 2. The molecule has 4 aromatic rings. The molecule has 0 unspecified atom stereocenters. The highest BCUT2D eigenvalue weighted by Gasteiger charge is 2.07. The fraction of sp³-hybridized carbons (Fsp3) is 0.318. The maximum absolute atomic E-state index is 5.23. The van der Waals surface area contributed by atoms with Crippen molar-refractivity contribution in [3.8, 4) is 5.75 Å². The molecule has 0 atom stereocenters. The minimum Gasteiger partial charge on any atom is -0.497 e. The van der Waals surface area contributed by atoms with Crippen LogP contribution in [0.1, 0.15) is 24.1 Å². The van der Waals surface area contributed by atoms with Crippen LogP contribution in [0.2, 0.25) is 0 Å². The molecular formula is C22H28IN9O. The summed E-state index contributed by atoms with van der Waals surface area (Å²) in [4.78, 5) is 4.75. The molecule has 10 nitrogen and oxygen atoms in total. The number of aromatic nitrogens is 6. The summed E-state index contributed by atoms with van der Waals surface area (Å²) < 4.78 is 9.23. The van der Waals surface area contributed by atoms with Gasteiger partial charge in [-0.1, -0.05) is 25.1 Å². The number of hydrogen-bond acceptors (Lipinski definition) is 6. The zero-order valence-corrected chi connectivity index (χ0v) is 21.0. The summed E-state index contributed by atoms with van der Waals surface area (Å²) in [5.74, 6) is 3.30. The summed E-state index contributed by atoms with van der Waals surface area (Å²) in [6, 6.07) is 13.7. The standard InChI is InChI=1S/C22H27N9O.HI/c1-3-19-27-26-16-30(19)13-11-23-22(24-14-17-7-9-18(32-2)10-8-17)25-15-21-29-28-20-6-4-5-12-31(20)21;/h4-10,12,16H,3,11,13-15H2,1-2H3,(H2,23,24,25);1H. The molecule has 3 aromatic heterocycles. The molecule has 0 saturated carbocycles. The van der Waals surface area contributed by atoms with Crippen LogP contribution in [0.25, 0.3) is 5.65 Å². The van der Waals surface area contributed by atoms with Crippen LogP contribution in [0.15, 0.2) is 60.0 Å². The Balaban J connectivity index is 0.00000306. The SMILES string of the molecule is CCc1nncn1CCNC(=NCc1ccc(OC)cc1)NCc1nnc2ccccn12.I. The first-order valence-electron chi connectivity index (χ1n) is 10.6. The summed E-state index contributed by atoms with van der Waals surface area (Å²) in [5.41, 5.74) is 1.90. The molecule has 0 aliphatic rings. The molecule has 0 spiro atoms. The molecule has 33 heavy (non-hydrogen) atoms. The van der Waals surface area contributed by atoms with Gasteiger partial charge in [-0.2, -0.15) is 0 Å². The maximum Gasteiger partial charge on any atom is 0.192 e. The van der Waals surface area contributed by atoms with Crippen molar-refractivity contribution in [2.45, 2.75) is 33.0 Å². The second kappa shape index (κ2) is 12.1. The summed E-state index contributed by atoms with van der Waals surface area (Å²) in [5, 5.41) is 23.4. The highest BCUT2D eigenvalue weighted by Crippen LogP contribution is 2.12. The Morgan fingerprint density at radius 2 is 1.88 bits per heavy atom. The highest BCUT2D eigenvalue weighted by atomic mass is 127. The van der Waals surface area contributed by atoms with Crippen LogP contribution >= 0.6 is 24.0 Å². The van der Waals surface area contributed by atoms with Crippen LogP contribution in [-0.4, -0.2) is 49.0 Å². The lowest BCUT2D eigenvalue weighted by Crippen LogP contribution is -2.39. The lowest BCUT2D eigenvalue weighted by atomic mass is 10.2. The van der Waals surface area contributed by atoms with E-state index in [1.54, 1.807) is 13.4 Å². The molecule has 0 saturated heterocycles. The van der Waals surface area contributed by atoms with Crippen molar-refractivity contribution in [1.29, 1.82) is 0 Å². The van der Waals surface area contributed by atoms with Gasteiger partial charge in [-0.25, -0.2) is 4.99 Å². The third-order valence-electron chi connectivity index (χ3n) is 5.03. The summed E-state index contributed by atoms with van der Waals surface area (Å²) >= 11 is 0. The summed E-state index contributed by atoms with van der Waals surface area (Å²) in [7, 11) is 1.66. The lowest BCUT2D eigenvalue weighted by Gasteiger charge is -2.13. The number of aryl methyl sites for hydroxylation is 1. The molecule has 2 N–H and O–H groups in total. The Labute approximate surface area is 209 Å². The largest absolute Gasteiger partial charge is 0.497 e. The first kappa shape index (κ1) is 24.4. The van der Waals surface area contributed by atoms with Crippen LogP contribution in [-0.2, 0) is 26.1 Å². The van der Waals surface area contributed by atoms with E-state index in [1.165, 1.54) is 0 Å². The minimum absolute atomic E-state index is 0. The van der Waals surface area contributed by atoms with E-state index in [2.05, 4.69) is 38.0 Å². The molecule has 0 aliphatic carbocycles. The number of pyridine rings is 1. The van der Waals surface area contributed by atoms with Crippen molar-refractivity contribution in [3.63, 3.8) is 0 Å². The number of methoxy groups -OCH3 is 1. The first-order valence-corrected chi connectivity index (χ1v) is 10.6. The number of ether oxygens (including phenoxy) is 1. The molecule has 11 heteroatoms. The van der Waals surface area contributed by atoms with Gasteiger partial charge in [-0.05, 0) is 29.8 Å². The Morgan fingerprint density at radius 3 is 2.67 bits per heavy atom. The average molecular weight is 561 g/mol. The molecular weight excluding hydrogens is 533 g/mol. The van der Waals surface area contributed by atoms with E-state index in [4.69, 9.17) is 9.73 Å². The van der Waals surface area contributed by atoms with Gasteiger partial charge in [0, 0.05) is 25.7 Å². The smallest absolute Gasteiger partial charge is 0.192 e. The van der Waals surface area contributed by atoms with E-state index in [9.17, 15) is 0 Å². The highest BCUT2D eigenvalue weighted by molar-refractivity contribution is 14.0. The van der Waals surface area contributed by atoms with Crippen LogP contribution in [0.3, 0.4) is 0 Å². The monoisotopic (exact) mass is 561 g/mol. The molecule has 0 aliphatic heterocycles. The van der Waals surface area contributed by atoms with Gasteiger partial charge in [-0.3, -0.25) is 4.40 Å². The normalized spacial score (nSPS) is 11.3. The summed E-state index contributed by atoms with van der Waals surface area (Å²) in [6.07, 6.45) is 4.55. The van der Waals surface area contributed by atoms with Gasteiger partial charge in [0.1, 0.15) is 17.9 Å². The maximum atomic E-state index is 5.23. The number of halogens is 1. The van der Waals surface area contributed by atoms with E-state index in [0.717, 1.165) is 41.6 Å². The van der Waals surface area contributed by atoms with E-state index in [0.29, 0.717) is 25.6 Å². The van der Waals surface area contributed by atoms with Crippen molar-refractivity contribution in [2.24, 2.45) is 4.99 Å². The molecule has 0 fully saturated rings. The zero-order valence-electron chi connectivity index (χ0n) is 18.7. The molecule has 0 bridgehead atoms. The topological polar surface area (TPSA) is 107 Å². The molecule has 3 heterocycles. The Kier molecular flexibility index (Phi) is 8.98. The molecule has 174 valence electrons. The van der Waals surface area contributed by atoms with Crippen molar-refractivity contribution >= 4 is 35.6 Å².